The van der Waals surface area contributed by atoms with E-state index in [0.29, 0.717) is 45.8 Å². The third-order valence-electron chi connectivity index (χ3n) is 5.53. The fourth-order valence-corrected chi connectivity index (χ4v) is 3.95. The summed E-state index contributed by atoms with van der Waals surface area (Å²) in [4.78, 5) is 25.4. The minimum atomic E-state index is -0.509. The lowest BCUT2D eigenvalue weighted by molar-refractivity contribution is -0.128. The number of rotatable bonds is 5. The predicted octanol–water partition coefficient (Wildman–Crippen LogP) is 5.07. The molecule has 1 fully saturated rings. The van der Waals surface area contributed by atoms with Crippen molar-refractivity contribution in [3.05, 3.63) is 66.1 Å². The van der Waals surface area contributed by atoms with Gasteiger partial charge < -0.3 is 23.8 Å². The van der Waals surface area contributed by atoms with Crippen LogP contribution in [0.2, 0.25) is 0 Å². The Balaban J connectivity index is 0.000000623. The zero-order valence-corrected chi connectivity index (χ0v) is 20.9. The number of carbonyl (C=O) groups excluding carboxylic acids is 2. The van der Waals surface area contributed by atoms with Gasteiger partial charge in [0.2, 0.25) is 0 Å². The summed E-state index contributed by atoms with van der Waals surface area (Å²) in [6.45, 7) is 11.3. The molecule has 3 aromatic rings. The van der Waals surface area contributed by atoms with Crippen LogP contribution in [0.15, 0.2) is 54.7 Å². The maximum atomic E-state index is 14.5. The van der Waals surface area contributed by atoms with E-state index in [0.717, 1.165) is 16.6 Å². The van der Waals surface area contributed by atoms with Gasteiger partial charge in [-0.1, -0.05) is 30.3 Å². The summed E-state index contributed by atoms with van der Waals surface area (Å²) in [7, 11) is 0. The number of carbonyl (C=O) groups is 2. The fraction of sp³-hybridized carbons (Fsp3) is 0.407. The topological polar surface area (TPSA) is 64.0 Å². The largest absolute Gasteiger partial charge is 0.468 e. The number of benzene rings is 2. The van der Waals surface area contributed by atoms with E-state index in [1.165, 1.54) is 5.56 Å². The molecule has 8 heteroatoms. The van der Waals surface area contributed by atoms with Crippen LogP contribution in [0.1, 0.15) is 33.3 Å². The van der Waals surface area contributed by atoms with E-state index in [4.69, 9.17) is 4.74 Å². The van der Waals surface area contributed by atoms with Crippen LogP contribution in [0.4, 0.5) is 14.9 Å². The predicted molar refractivity (Wildman–Crippen MR) is 135 cm³/mol. The summed E-state index contributed by atoms with van der Waals surface area (Å²) < 4.78 is 26.2. The zero-order valence-electron chi connectivity index (χ0n) is 20.9. The highest BCUT2D eigenvalue weighted by Crippen LogP contribution is 2.31. The molecule has 35 heavy (non-hydrogen) atoms. The second-order valence-corrected chi connectivity index (χ2v) is 9.29. The molecule has 2 heterocycles. The van der Waals surface area contributed by atoms with Crippen LogP contribution in [-0.2, 0) is 20.8 Å². The second kappa shape index (κ2) is 11.7. The first-order chi connectivity index (χ1) is 16.7. The zero-order chi connectivity index (χ0) is 25.4. The molecule has 188 valence electrons. The molecule has 1 aliphatic rings. The minimum absolute atomic E-state index is 0.250. The third kappa shape index (κ3) is 7.21. The van der Waals surface area contributed by atoms with E-state index in [1.54, 1.807) is 24.0 Å². The molecular formula is C27H34FN3O4. The van der Waals surface area contributed by atoms with Crippen molar-refractivity contribution in [1.82, 2.24) is 9.47 Å². The molecular weight excluding hydrogens is 449 g/mol. The molecule has 0 aliphatic carbocycles. The van der Waals surface area contributed by atoms with Crippen molar-refractivity contribution in [3.8, 4) is 0 Å². The molecule has 0 radical (unpaired) electrons. The third-order valence-corrected chi connectivity index (χ3v) is 5.53. The molecule has 0 spiro atoms. The molecule has 2 aromatic carbocycles. The molecule has 4 rings (SSSR count). The van der Waals surface area contributed by atoms with Gasteiger partial charge in [-0.2, -0.15) is 0 Å². The van der Waals surface area contributed by atoms with Crippen LogP contribution in [0.5, 0.6) is 0 Å². The molecule has 0 saturated carbocycles. The molecule has 7 nitrogen and oxygen atoms in total. The number of anilines is 1. The Morgan fingerprint density at radius 3 is 2.31 bits per heavy atom. The van der Waals surface area contributed by atoms with E-state index >= 15 is 0 Å². The first-order valence-corrected chi connectivity index (χ1v) is 11.8. The number of ether oxygens (including phenoxy) is 2. The van der Waals surface area contributed by atoms with Crippen LogP contribution >= 0.6 is 0 Å². The lowest BCUT2D eigenvalue weighted by Crippen LogP contribution is -2.50. The first-order valence-electron chi connectivity index (χ1n) is 11.8. The Morgan fingerprint density at radius 2 is 1.74 bits per heavy atom. The van der Waals surface area contributed by atoms with E-state index in [9.17, 15) is 14.0 Å². The fourth-order valence-electron chi connectivity index (χ4n) is 3.95. The number of aromatic nitrogens is 1. The second-order valence-electron chi connectivity index (χ2n) is 9.29. The monoisotopic (exact) mass is 483 g/mol. The van der Waals surface area contributed by atoms with Gasteiger partial charge in [-0.25, -0.2) is 9.18 Å². The van der Waals surface area contributed by atoms with Gasteiger partial charge >= 0.3 is 6.09 Å². The van der Waals surface area contributed by atoms with Gasteiger partial charge in [0.05, 0.1) is 12.1 Å². The maximum Gasteiger partial charge on any atom is 0.410 e. The van der Waals surface area contributed by atoms with Gasteiger partial charge in [0.25, 0.3) is 6.47 Å². The van der Waals surface area contributed by atoms with Crippen molar-refractivity contribution in [1.29, 1.82) is 0 Å². The molecule has 1 aliphatic heterocycles. The highest BCUT2D eigenvalue weighted by atomic mass is 19.1. The van der Waals surface area contributed by atoms with Crippen LogP contribution in [0.3, 0.4) is 0 Å². The molecule has 1 aromatic heterocycles. The van der Waals surface area contributed by atoms with Crippen molar-refractivity contribution < 1.29 is 23.5 Å². The van der Waals surface area contributed by atoms with Crippen LogP contribution in [0.25, 0.3) is 10.9 Å². The molecule has 0 atom stereocenters. The summed E-state index contributed by atoms with van der Waals surface area (Å²) in [5, 5.41) is 1.03. The van der Waals surface area contributed by atoms with Crippen molar-refractivity contribution in [3.63, 3.8) is 0 Å². The van der Waals surface area contributed by atoms with Crippen molar-refractivity contribution in [2.24, 2.45) is 0 Å². The number of fused-ring (bicyclic) bond motifs is 1. The quantitative estimate of drug-likeness (QED) is 0.475. The molecule has 0 bridgehead atoms. The number of hydrogen-bond acceptors (Lipinski definition) is 5. The lowest BCUT2D eigenvalue weighted by atomic mass is 10.1. The van der Waals surface area contributed by atoms with Crippen molar-refractivity contribution in [2.45, 2.75) is 39.8 Å². The number of piperazine rings is 1. The van der Waals surface area contributed by atoms with Gasteiger partial charge in [0, 0.05) is 50.0 Å². The molecule has 1 amide bonds. The summed E-state index contributed by atoms with van der Waals surface area (Å²) in [5.41, 5.74) is 2.42. The van der Waals surface area contributed by atoms with Crippen LogP contribution in [-0.4, -0.2) is 60.4 Å². The van der Waals surface area contributed by atoms with Gasteiger partial charge in [0.15, 0.2) is 0 Å². The van der Waals surface area contributed by atoms with Gasteiger partial charge in [-0.05, 0) is 51.5 Å². The highest BCUT2D eigenvalue weighted by Gasteiger charge is 2.27. The Bertz CT molecular complexity index is 1120. The van der Waals surface area contributed by atoms with E-state index in [1.807, 2.05) is 51.2 Å². The molecule has 0 unspecified atom stereocenters. The minimum Gasteiger partial charge on any atom is -0.468 e. The maximum absolute atomic E-state index is 14.5. The smallest absolute Gasteiger partial charge is 0.410 e. The molecule has 0 N–H and O–H groups in total. The number of hydrogen-bond donors (Lipinski definition) is 0. The number of nitrogens with zero attached hydrogens (tertiary/aromatic N) is 3. The highest BCUT2D eigenvalue weighted by molar-refractivity contribution is 5.93. The van der Waals surface area contributed by atoms with E-state index in [2.05, 4.69) is 26.3 Å². The van der Waals surface area contributed by atoms with E-state index < -0.39 is 5.60 Å². The standard InChI is InChI=1S/C24H28FN3O2.C3H6O2/c1-24(2,3)30-23(29)27-13-11-26(12-14-27)21-15-19(25)16-22-20(21)9-10-28(22)17-18-7-5-4-6-8-18;1-2-5-3-4/h4-10,15-16H,11-14,17H2,1-3H3;3H,2H2,1H3. The normalized spacial score (nSPS) is 13.7. The van der Waals surface area contributed by atoms with Crippen molar-refractivity contribution in [2.75, 3.05) is 37.7 Å². The lowest BCUT2D eigenvalue weighted by Gasteiger charge is -2.37. The Kier molecular flexibility index (Phi) is 8.73. The molecule has 1 saturated heterocycles. The van der Waals surface area contributed by atoms with Crippen LogP contribution < -0.4 is 4.90 Å². The Morgan fingerprint density at radius 1 is 1.06 bits per heavy atom. The van der Waals surface area contributed by atoms with Gasteiger partial charge in [-0.15, -0.1) is 0 Å². The number of halogens is 1. The van der Waals surface area contributed by atoms with Gasteiger partial charge in [0.1, 0.15) is 11.4 Å². The summed E-state index contributed by atoms with van der Waals surface area (Å²) in [6, 6.07) is 15.4. The Hall–Kier alpha value is -3.55. The summed E-state index contributed by atoms with van der Waals surface area (Å²) in [5.74, 6) is -0.250. The van der Waals surface area contributed by atoms with Gasteiger partial charge in [-0.3, -0.25) is 4.79 Å². The average molecular weight is 484 g/mol. The SMILES string of the molecule is CC(C)(C)OC(=O)N1CCN(c2cc(F)cc3c2ccn3Cc2ccccc2)CC1.CCOC=O. The van der Waals surface area contributed by atoms with Crippen molar-refractivity contribution >= 4 is 29.2 Å². The Labute approximate surface area is 206 Å². The summed E-state index contributed by atoms with van der Waals surface area (Å²) in [6.07, 6.45) is 1.72. The average Bonchev–Trinajstić information content (AvgIpc) is 3.21. The van der Waals surface area contributed by atoms with E-state index in [-0.39, 0.29) is 11.9 Å². The first kappa shape index (κ1) is 26.1. The number of amides is 1. The van der Waals surface area contributed by atoms with Crippen LogP contribution in [0, 0.1) is 5.82 Å². The summed E-state index contributed by atoms with van der Waals surface area (Å²) >= 11 is 0.